The van der Waals surface area contributed by atoms with E-state index < -0.39 is 24.3 Å². The standard InChI is InChI=1S/C17H15F2N3O5/c18-17(19)27-13-6-2-1-4-11(13)7-8-14(23)21-22-16(25)15(24)20-10-12-5-3-9-26-12/h1-9,17H,10H2,(H,20,24)(H,21,23)(H,22,25). The number of para-hydroxylation sites is 1. The second-order valence-corrected chi connectivity index (χ2v) is 4.96. The second kappa shape index (κ2) is 9.70. The van der Waals surface area contributed by atoms with Crippen LogP contribution in [0.1, 0.15) is 11.3 Å². The van der Waals surface area contributed by atoms with Crippen molar-refractivity contribution in [2.45, 2.75) is 13.2 Å². The molecule has 0 saturated carbocycles. The van der Waals surface area contributed by atoms with Gasteiger partial charge in [-0.05, 0) is 24.3 Å². The number of carbonyl (C=O) groups is 3. The third kappa shape index (κ3) is 6.61. The summed E-state index contributed by atoms with van der Waals surface area (Å²) in [4.78, 5) is 34.8. The smallest absolute Gasteiger partial charge is 0.387 e. The van der Waals surface area contributed by atoms with Gasteiger partial charge in [0.05, 0.1) is 12.8 Å². The van der Waals surface area contributed by atoms with Crippen molar-refractivity contribution in [3.8, 4) is 5.75 Å². The molecule has 2 rings (SSSR count). The molecule has 0 saturated heterocycles. The molecule has 0 radical (unpaired) electrons. The fraction of sp³-hybridized carbons (Fsp3) is 0.118. The Kier molecular flexibility index (Phi) is 7.06. The lowest BCUT2D eigenvalue weighted by atomic mass is 10.2. The van der Waals surface area contributed by atoms with E-state index in [4.69, 9.17) is 4.42 Å². The lowest BCUT2D eigenvalue weighted by molar-refractivity contribution is -0.140. The summed E-state index contributed by atoms with van der Waals surface area (Å²) in [7, 11) is 0. The zero-order valence-electron chi connectivity index (χ0n) is 13.8. The van der Waals surface area contributed by atoms with E-state index in [0.29, 0.717) is 5.76 Å². The Balaban J connectivity index is 1.80. The van der Waals surface area contributed by atoms with Gasteiger partial charge in [-0.15, -0.1) is 0 Å². The highest BCUT2D eigenvalue weighted by Gasteiger charge is 2.14. The quantitative estimate of drug-likeness (QED) is 0.399. The third-order valence-corrected chi connectivity index (χ3v) is 3.06. The molecule has 1 aromatic carbocycles. The zero-order valence-corrected chi connectivity index (χ0v) is 13.8. The first-order valence-electron chi connectivity index (χ1n) is 7.58. The van der Waals surface area contributed by atoms with Crippen LogP contribution in [0.25, 0.3) is 6.08 Å². The summed E-state index contributed by atoms with van der Waals surface area (Å²) < 4.78 is 33.9. The summed E-state index contributed by atoms with van der Waals surface area (Å²) in [5.74, 6) is -2.52. The molecular weight excluding hydrogens is 364 g/mol. The van der Waals surface area contributed by atoms with Gasteiger partial charge in [-0.2, -0.15) is 8.78 Å². The first kappa shape index (κ1) is 19.6. The molecule has 0 aliphatic carbocycles. The van der Waals surface area contributed by atoms with Gasteiger partial charge in [-0.1, -0.05) is 18.2 Å². The predicted octanol–water partition coefficient (Wildman–Crippen LogP) is 1.36. The number of carbonyl (C=O) groups excluding carboxylic acids is 3. The van der Waals surface area contributed by atoms with Gasteiger partial charge in [0.2, 0.25) is 0 Å². The molecule has 142 valence electrons. The second-order valence-electron chi connectivity index (χ2n) is 4.96. The van der Waals surface area contributed by atoms with E-state index in [1.54, 1.807) is 18.2 Å². The van der Waals surface area contributed by atoms with E-state index in [2.05, 4.69) is 10.1 Å². The predicted molar refractivity (Wildman–Crippen MR) is 88.9 cm³/mol. The fourth-order valence-electron chi connectivity index (χ4n) is 1.86. The summed E-state index contributed by atoms with van der Waals surface area (Å²) in [6, 6.07) is 9.08. The number of halogens is 2. The Bertz CT molecular complexity index is 822. The van der Waals surface area contributed by atoms with E-state index >= 15 is 0 Å². The molecule has 3 amide bonds. The summed E-state index contributed by atoms with van der Waals surface area (Å²) in [6.45, 7) is -3.00. The van der Waals surface area contributed by atoms with Gasteiger partial charge in [0, 0.05) is 11.6 Å². The van der Waals surface area contributed by atoms with Crippen LogP contribution in [0.15, 0.2) is 53.2 Å². The molecular formula is C17H15F2N3O5. The molecule has 1 aromatic heterocycles. The molecule has 0 aliphatic rings. The van der Waals surface area contributed by atoms with Gasteiger partial charge in [-0.25, -0.2) is 0 Å². The van der Waals surface area contributed by atoms with Gasteiger partial charge in [-0.3, -0.25) is 25.2 Å². The molecule has 27 heavy (non-hydrogen) atoms. The molecule has 2 aromatic rings. The minimum atomic E-state index is -3.01. The number of hydrogen-bond acceptors (Lipinski definition) is 5. The first-order valence-corrected chi connectivity index (χ1v) is 7.58. The van der Waals surface area contributed by atoms with Crippen molar-refractivity contribution in [2.24, 2.45) is 0 Å². The van der Waals surface area contributed by atoms with Crippen molar-refractivity contribution in [2.75, 3.05) is 0 Å². The SMILES string of the molecule is O=C(C=Cc1ccccc1OC(F)F)NNC(=O)C(=O)NCc1ccco1. The van der Waals surface area contributed by atoms with Gasteiger partial charge in [0.25, 0.3) is 5.91 Å². The van der Waals surface area contributed by atoms with Crippen molar-refractivity contribution in [3.05, 3.63) is 60.1 Å². The number of furan rings is 1. The summed E-state index contributed by atoms with van der Waals surface area (Å²) >= 11 is 0. The minimum absolute atomic E-state index is 0.00796. The average molecular weight is 379 g/mol. The molecule has 10 heteroatoms. The van der Waals surface area contributed by atoms with Crippen LogP contribution in [0.2, 0.25) is 0 Å². The van der Waals surface area contributed by atoms with Crippen LogP contribution in [-0.2, 0) is 20.9 Å². The van der Waals surface area contributed by atoms with Crippen LogP contribution in [0.4, 0.5) is 8.78 Å². The molecule has 0 atom stereocenters. The van der Waals surface area contributed by atoms with Crippen LogP contribution >= 0.6 is 0 Å². The number of nitrogens with one attached hydrogen (secondary N) is 3. The topological polar surface area (TPSA) is 110 Å². The Hall–Kier alpha value is -3.69. The van der Waals surface area contributed by atoms with E-state index in [9.17, 15) is 23.2 Å². The normalized spacial score (nSPS) is 10.6. The van der Waals surface area contributed by atoms with E-state index in [1.807, 2.05) is 10.9 Å². The first-order chi connectivity index (χ1) is 13.0. The minimum Gasteiger partial charge on any atom is -0.467 e. The number of hydrazine groups is 1. The van der Waals surface area contributed by atoms with Crippen LogP contribution < -0.4 is 20.9 Å². The van der Waals surface area contributed by atoms with Crippen molar-refractivity contribution >= 4 is 23.8 Å². The number of alkyl halides is 2. The van der Waals surface area contributed by atoms with E-state index in [-0.39, 0.29) is 17.9 Å². The van der Waals surface area contributed by atoms with Gasteiger partial charge in [0.1, 0.15) is 11.5 Å². The highest BCUT2D eigenvalue weighted by molar-refractivity contribution is 6.35. The van der Waals surface area contributed by atoms with Crippen LogP contribution in [0.3, 0.4) is 0 Å². The van der Waals surface area contributed by atoms with Crippen LogP contribution in [0, 0.1) is 0 Å². The molecule has 0 aliphatic heterocycles. The molecule has 8 nitrogen and oxygen atoms in total. The summed E-state index contributed by atoms with van der Waals surface area (Å²) in [5.41, 5.74) is 4.13. The van der Waals surface area contributed by atoms with Gasteiger partial charge in [0.15, 0.2) is 0 Å². The van der Waals surface area contributed by atoms with Crippen LogP contribution in [-0.4, -0.2) is 24.3 Å². The maximum atomic E-state index is 12.3. The van der Waals surface area contributed by atoms with E-state index in [1.165, 1.54) is 30.5 Å². The van der Waals surface area contributed by atoms with Gasteiger partial charge < -0.3 is 14.5 Å². The molecule has 0 fully saturated rings. The third-order valence-electron chi connectivity index (χ3n) is 3.06. The Morgan fingerprint density at radius 2 is 1.85 bits per heavy atom. The molecule has 0 bridgehead atoms. The van der Waals surface area contributed by atoms with Crippen molar-refractivity contribution in [1.29, 1.82) is 0 Å². The lowest BCUT2D eigenvalue weighted by Crippen LogP contribution is -2.47. The average Bonchev–Trinajstić information content (AvgIpc) is 3.16. The Morgan fingerprint density at radius 1 is 1.07 bits per heavy atom. The Labute approximate surface area is 152 Å². The maximum absolute atomic E-state index is 12.3. The number of amides is 3. The lowest BCUT2D eigenvalue weighted by Gasteiger charge is -2.07. The largest absolute Gasteiger partial charge is 0.467 e. The number of hydrogen-bond donors (Lipinski definition) is 3. The van der Waals surface area contributed by atoms with Crippen molar-refractivity contribution in [3.63, 3.8) is 0 Å². The molecule has 3 N–H and O–H groups in total. The van der Waals surface area contributed by atoms with Crippen molar-refractivity contribution in [1.82, 2.24) is 16.2 Å². The van der Waals surface area contributed by atoms with Crippen molar-refractivity contribution < 1.29 is 32.3 Å². The highest BCUT2D eigenvalue weighted by atomic mass is 19.3. The Morgan fingerprint density at radius 3 is 2.56 bits per heavy atom. The molecule has 0 spiro atoms. The number of benzene rings is 1. The van der Waals surface area contributed by atoms with Crippen LogP contribution in [0.5, 0.6) is 5.75 Å². The molecule has 0 unspecified atom stereocenters. The monoisotopic (exact) mass is 379 g/mol. The zero-order chi connectivity index (χ0) is 19.6. The summed E-state index contributed by atoms with van der Waals surface area (Å²) in [5, 5.41) is 2.29. The van der Waals surface area contributed by atoms with Gasteiger partial charge >= 0.3 is 18.4 Å². The maximum Gasteiger partial charge on any atom is 0.387 e. The molecule has 1 heterocycles. The summed E-state index contributed by atoms with van der Waals surface area (Å²) in [6.07, 6.45) is 3.61. The highest BCUT2D eigenvalue weighted by Crippen LogP contribution is 2.21. The fourth-order valence-corrected chi connectivity index (χ4v) is 1.86. The van der Waals surface area contributed by atoms with E-state index in [0.717, 1.165) is 6.08 Å². The number of rotatable bonds is 6. The number of ether oxygens (including phenoxy) is 1.